The first-order valence-corrected chi connectivity index (χ1v) is 5.54. The monoisotopic (exact) mass is 234 g/mol. The van der Waals surface area contributed by atoms with Crippen molar-refractivity contribution < 1.29 is 19.1 Å². The number of rotatable bonds is 3. The fourth-order valence-electron chi connectivity index (χ4n) is 1.99. The Morgan fingerprint density at radius 3 is 2.76 bits per heavy atom. The van der Waals surface area contributed by atoms with Gasteiger partial charge in [0.05, 0.1) is 6.42 Å². The molecule has 1 aromatic carbocycles. The predicted octanol–water partition coefficient (Wildman–Crippen LogP) is 1.65. The van der Waals surface area contributed by atoms with Crippen molar-refractivity contribution in [2.24, 2.45) is 0 Å². The van der Waals surface area contributed by atoms with E-state index < -0.39 is 0 Å². The van der Waals surface area contributed by atoms with E-state index in [1.807, 2.05) is 30.3 Å². The number of benzene rings is 1. The van der Waals surface area contributed by atoms with Crippen LogP contribution >= 0.6 is 0 Å². The second-order valence-corrected chi connectivity index (χ2v) is 4.05. The average molecular weight is 234 g/mol. The van der Waals surface area contributed by atoms with Crippen LogP contribution in [0, 0.1) is 0 Å². The third-order valence-electron chi connectivity index (χ3n) is 2.80. The lowest BCUT2D eigenvalue weighted by atomic mass is 9.93. The Hall–Kier alpha value is -1.84. The van der Waals surface area contributed by atoms with Crippen LogP contribution in [0.25, 0.3) is 0 Å². The van der Waals surface area contributed by atoms with Crippen LogP contribution in [0.2, 0.25) is 0 Å². The minimum atomic E-state index is -0.367. The highest BCUT2D eigenvalue weighted by molar-refractivity contribution is 5.73. The molecular weight excluding hydrogens is 220 g/mol. The fourth-order valence-corrected chi connectivity index (χ4v) is 1.99. The molecule has 2 rings (SSSR count). The average Bonchev–Trinajstić information content (AvgIpc) is 2.69. The Morgan fingerprint density at radius 2 is 2.12 bits per heavy atom. The molecule has 1 saturated heterocycles. The van der Waals surface area contributed by atoms with Crippen LogP contribution in [0.3, 0.4) is 0 Å². The summed E-state index contributed by atoms with van der Waals surface area (Å²) < 4.78 is 10.1. The van der Waals surface area contributed by atoms with E-state index in [1.54, 1.807) is 0 Å². The molecule has 17 heavy (non-hydrogen) atoms. The lowest BCUT2D eigenvalue weighted by molar-refractivity contribution is -0.151. The third kappa shape index (κ3) is 2.84. The molecule has 0 aromatic heterocycles. The Labute approximate surface area is 99.5 Å². The van der Waals surface area contributed by atoms with Gasteiger partial charge in [0.1, 0.15) is 12.7 Å². The normalized spacial score (nSPS) is 23.2. The summed E-state index contributed by atoms with van der Waals surface area (Å²) in [6.07, 6.45) is -0.0237. The third-order valence-corrected chi connectivity index (χ3v) is 2.80. The number of carbonyl (C=O) groups excluding carboxylic acids is 2. The molecule has 90 valence electrons. The van der Waals surface area contributed by atoms with Crippen LogP contribution in [-0.2, 0) is 19.1 Å². The molecule has 0 saturated carbocycles. The number of cyclic esters (lactones) is 1. The largest absolute Gasteiger partial charge is 0.462 e. The number of ether oxygens (including phenoxy) is 2. The number of hydrogen-bond donors (Lipinski definition) is 0. The second kappa shape index (κ2) is 4.99. The van der Waals surface area contributed by atoms with Crippen LogP contribution in [0.1, 0.15) is 24.8 Å². The maximum Gasteiger partial charge on any atom is 0.306 e. The van der Waals surface area contributed by atoms with Crippen molar-refractivity contribution in [2.45, 2.75) is 25.4 Å². The Balaban J connectivity index is 2.09. The van der Waals surface area contributed by atoms with Gasteiger partial charge in [-0.15, -0.1) is 0 Å². The van der Waals surface area contributed by atoms with E-state index in [1.165, 1.54) is 6.92 Å². The van der Waals surface area contributed by atoms with Crippen molar-refractivity contribution in [3.8, 4) is 0 Å². The number of esters is 2. The van der Waals surface area contributed by atoms with Gasteiger partial charge in [-0.05, 0) is 5.56 Å². The lowest BCUT2D eigenvalue weighted by Crippen LogP contribution is -2.22. The SMILES string of the molecule is CC(=O)OC[C@H]1OC(=O)C[C@H]1c1ccccc1. The highest BCUT2D eigenvalue weighted by atomic mass is 16.6. The summed E-state index contributed by atoms with van der Waals surface area (Å²) in [5.41, 5.74) is 1.04. The van der Waals surface area contributed by atoms with Crippen LogP contribution in [0.5, 0.6) is 0 Å². The molecule has 1 aromatic rings. The lowest BCUT2D eigenvalue weighted by Gasteiger charge is -2.17. The molecule has 1 heterocycles. The second-order valence-electron chi connectivity index (χ2n) is 4.05. The maximum absolute atomic E-state index is 11.3. The molecule has 0 spiro atoms. The van der Waals surface area contributed by atoms with Gasteiger partial charge in [0.2, 0.25) is 0 Å². The van der Waals surface area contributed by atoms with Gasteiger partial charge in [0.25, 0.3) is 0 Å². The van der Waals surface area contributed by atoms with Gasteiger partial charge in [-0.25, -0.2) is 0 Å². The molecule has 0 N–H and O–H groups in total. The first-order chi connectivity index (χ1) is 8.16. The summed E-state index contributed by atoms with van der Waals surface area (Å²) >= 11 is 0. The van der Waals surface area contributed by atoms with Crippen molar-refractivity contribution >= 4 is 11.9 Å². The van der Waals surface area contributed by atoms with Crippen LogP contribution in [0.15, 0.2) is 30.3 Å². The molecule has 0 radical (unpaired) electrons. The van der Waals surface area contributed by atoms with Gasteiger partial charge in [-0.2, -0.15) is 0 Å². The topological polar surface area (TPSA) is 52.6 Å². The van der Waals surface area contributed by atoms with Gasteiger partial charge in [-0.3, -0.25) is 9.59 Å². The molecule has 4 heteroatoms. The van der Waals surface area contributed by atoms with E-state index in [9.17, 15) is 9.59 Å². The van der Waals surface area contributed by atoms with E-state index in [-0.39, 0.29) is 30.6 Å². The molecule has 0 unspecified atom stereocenters. The zero-order chi connectivity index (χ0) is 12.3. The summed E-state index contributed by atoms with van der Waals surface area (Å²) in [5, 5.41) is 0. The predicted molar refractivity (Wildman–Crippen MR) is 60.3 cm³/mol. The maximum atomic E-state index is 11.3. The van der Waals surface area contributed by atoms with E-state index in [0.29, 0.717) is 6.42 Å². The molecule has 0 aliphatic carbocycles. The highest BCUT2D eigenvalue weighted by Gasteiger charge is 2.36. The first-order valence-electron chi connectivity index (χ1n) is 5.54. The fraction of sp³-hybridized carbons (Fsp3) is 0.385. The summed E-state index contributed by atoms with van der Waals surface area (Å²) in [6.45, 7) is 1.47. The summed E-state index contributed by atoms with van der Waals surface area (Å²) in [4.78, 5) is 22.1. The van der Waals surface area contributed by atoms with Crippen molar-refractivity contribution in [3.05, 3.63) is 35.9 Å². The van der Waals surface area contributed by atoms with Gasteiger partial charge in [0.15, 0.2) is 0 Å². The Bertz CT molecular complexity index is 413. The molecule has 0 bridgehead atoms. The first kappa shape index (κ1) is 11.6. The minimum Gasteiger partial charge on any atom is -0.462 e. The van der Waals surface area contributed by atoms with E-state index in [2.05, 4.69) is 0 Å². The van der Waals surface area contributed by atoms with Crippen molar-refractivity contribution in [1.82, 2.24) is 0 Å². The quantitative estimate of drug-likeness (QED) is 0.746. The smallest absolute Gasteiger partial charge is 0.306 e. The highest BCUT2D eigenvalue weighted by Crippen LogP contribution is 2.32. The van der Waals surface area contributed by atoms with Gasteiger partial charge in [0, 0.05) is 12.8 Å². The van der Waals surface area contributed by atoms with Crippen LogP contribution in [-0.4, -0.2) is 24.6 Å². The van der Waals surface area contributed by atoms with Crippen LogP contribution in [0.4, 0.5) is 0 Å². The Kier molecular flexibility index (Phi) is 3.42. The zero-order valence-electron chi connectivity index (χ0n) is 9.59. The summed E-state index contributed by atoms with van der Waals surface area (Å²) in [6, 6.07) is 9.66. The van der Waals surface area contributed by atoms with Crippen molar-refractivity contribution in [2.75, 3.05) is 6.61 Å². The van der Waals surface area contributed by atoms with E-state index in [0.717, 1.165) is 5.56 Å². The van der Waals surface area contributed by atoms with Crippen molar-refractivity contribution in [1.29, 1.82) is 0 Å². The van der Waals surface area contributed by atoms with E-state index >= 15 is 0 Å². The van der Waals surface area contributed by atoms with Gasteiger partial charge >= 0.3 is 11.9 Å². The minimum absolute atomic E-state index is 0.0250. The van der Waals surface area contributed by atoms with Crippen LogP contribution < -0.4 is 0 Å². The number of hydrogen-bond acceptors (Lipinski definition) is 4. The zero-order valence-corrected chi connectivity index (χ0v) is 9.59. The molecular formula is C13H14O4. The molecule has 1 aliphatic heterocycles. The van der Waals surface area contributed by atoms with Gasteiger partial charge < -0.3 is 9.47 Å². The summed E-state index contributed by atoms with van der Waals surface area (Å²) in [7, 11) is 0. The molecule has 4 nitrogen and oxygen atoms in total. The Morgan fingerprint density at radius 1 is 1.41 bits per heavy atom. The number of carbonyl (C=O) groups is 2. The molecule has 1 fully saturated rings. The standard InChI is InChI=1S/C13H14O4/c1-9(14)16-8-12-11(7-13(15)17-12)10-5-3-2-4-6-10/h2-6,11-12H,7-8H2,1H3/t11-,12+/m0/s1. The van der Waals surface area contributed by atoms with Gasteiger partial charge in [-0.1, -0.05) is 30.3 Å². The molecule has 1 aliphatic rings. The summed E-state index contributed by atoms with van der Waals surface area (Å²) in [5.74, 6) is -0.626. The molecule has 0 amide bonds. The molecule has 2 atom stereocenters. The van der Waals surface area contributed by atoms with E-state index in [4.69, 9.17) is 9.47 Å². The van der Waals surface area contributed by atoms with Crippen molar-refractivity contribution in [3.63, 3.8) is 0 Å².